The van der Waals surface area contributed by atoms with Gasteiger partial charge in [-0.3, -0.25) is 14.9 Å². The van der Waals surface area contributed by atoms with Gasteiger partial charge in [0.05, 0.1) is 5.69 Å². The van der Waals surface area contributed by atoms with Crippen molar-refractivity contribution in [3.8, 4) is 5.00 Å². The van der Waals surface area contributed by atoms with Gasteiger partial charge in [-0.1, -0.05) is 0 Å². The number of nitrogens with one attached hydrogen (secondary N) is 1. The molecule has 1 saturated heterocycles. The zero-order chi connectivity index (χ0) is 11.6. The molecule has 0 saturated carbocycles. The molecule has 1 fully saturated rings. The number of nitrogens with zero attached hydrogens (tertiary/aromatic N) is 1. The number of carbonyl (C=O) groups excluding carboxylic acids is 2. The molecule has 2 aliphatic heterocycles. The highest BCUT2D eigenvalue weighted by atomic mass is 32.2. The average molecular weight is 262 g/mol. The van der Waals surface area contributed by atoms with Crippen LogP contribution in [0.2, 0.25) is 0 Å². The summed E-state index contributed by atoms with van der Waals surface area (Å²) in [6.07, 6.45) is 1.93. The van der Waals surface area contributed by atoms with Gasteiger partial charge in [-0.15, -0.1) is 11.3 Å². The monoisotopic (exact) mass is 262 g/mol. The summed E-state index contributed by atoms with van der Waals surface area (Å²) in [5.74, 6) is -0.232. The number of hydrogen-bond donors (Lipinski definition) is 1. The van der Waals surface area contributed by atoms with Crippen LogP contribution >= 0.6 is 23.1 Å². The van der Waals surface area contributed by atoms with Crippen molar-refractivity contribution in [2.45, 2.75) is 4.75 Å². The second-order valence-corrected chi connectivity index (χ2v) is 6.01. The second-order valence-electron chi connectivity index (χ2n) is 3.93. The molecule has 0 radical (unpaired) electrons. The Morgan fingerprint density at radius 2 is 2.18 bits per heavy atom. The van der Waals surface area contributed by atoms with Crippen molar-refractivity contribution >= 4 is 34.2 Å². The molecule has 0 aliphatic carbocycles. The molecule has 4 rings (SSSR count). The van der Waals surface area contributed by atoms with Gasteiger partial charge in [0.15, 0.2) is 4.75 Å². The van der Waals surface area contributed by atoms with E-state index in [0.29, 0.717) is 0 Å². The highest BCUT2D eigenvalue weighted by Gasteiger charge is 2.57. The lowest BCUT2D eigenvalue weighted by atomic mass is 9.98. The minimum absolute atomic E-state index is 0.232. The Labute approximate surface area is 105 Å². The summed E-state index contributed by atoms with van der Waals surface area (Å²) in [4.78, 5) is 23.7. The number of hydrogen-bond acceptors (Lipinski definition) is 4. The zero-order valence-corrected chi connectivity index (χ0v) is 10.1. The fraction of sp³-hybridized carbons (Fsp3) is 0.0909. The molecule has 0 aromatic carbocycles. The minimum atomic E-state index is -0.865. The highest BCUT2D eigenvalue weighted by Crippen LogP contribution is 2.54. The fourth-order valence-corrected chi connectivity index (χ4v) is 4.61. The number of imide groups is 1. The SMILES string of the molecule is O=C1NC(=O)C2(S1)c1ccsc1-n1cccc12. The minimum Gasteiger partial charge on any atom is -0.310 e. The summed E-state index contributed by atoms with van der Waals surface area (Å²) in [5.41, 5.74) is 1.79. The maximum atomic E-state index is 12.2. The number of amides is 2. The van der Waals surface area contributed by atoms with Crippen molar-refractivity contribution in [1.82, 2.24) is 9.88 Å². The van der Waals surface area contributed by atoms with Crippen LogP contribution in [0.25, 0.3) is 5.00 Å². The molecule has 4 nitrogen and oxygen atoms in total. The van der Waals surface area contributed by atoms with Crippen LogP contribution in [0, 0.1) is 0 Å². The Morgan fingerprint density at radius 1 is 1.29 bits per heavy atom. The number of rotatable bonds is 0. The Balaban J connectivity index is 2.11. The molecule has 17 heavy (non-hydrogen) atoms. The van der Waals surface area contributed by atoms with Crippen LogP contribution in [-0.2, 0) is 9.54 Å². The molecule has 1 spiro atoms. The first-order valence-corrected chi connectivity index (χ1v) is 6.74. The average Bonchev–Trinajstić information content (AvgIpc) is 2.95. The lowest BCUT2D eigenvalue weighted by Crippen LogP contribution is -2.33. The van der Waals surface area contributed by atoms with Crippen LogP contribution in [-0.4, -0.2) is 15.7 Å². The number of carbonyl (C=O) groups is 2. The smallest absolute Gasteiger partial charge is 0.287 e. The largest absolute Gasteiger partial charge is 0.310 e. The molecule has 1 N–H and O–H groups in total. The molecule has 1 atom stereocenters. The van der Waals surface area contributed by atoms with Gasteiger partial charge < -0.3 is 4.57 Å². The van der Waals surface area contributed by atoms with E-state index in [1.165, 1.54) is 0 Å². The van der Waals surface area contributed by atoms with Crippen LogP contribution in [0.4, 0.5) is 4.79 Å². The molecular formula is C11H6N2O2S2. The van der Waals surface area contributed by atoms with Gasteiger partial charge in [-0.2, -0.15) is 0 Å². The predicted octanol–water partition coefficient (Wildman–Crippen LogP) is 2.08. The van der Waals surface area contributed by atoms with E-state index in [9.17, 15) is 9.59 Å². The number of aromatic nitrogens is 1. The third kappa shape index (κ3) is 0.919. The van der Waals surface area contributed by atoms with E-state index in [1.54, 1.807) is 11.3 Å². The van der Waals surface area contributed by atoms with Crippen LogP contribution in [0.15, 0.2) is 29.8 Å². The lowest BCUT2D eigenvalue weighted by molar-refractivity contribution is -0.120. The van der Waals surface area contributed by atoms with Gasteiger partial charge in [0, 0.05) is 11.8 Å². The molecule has 2 aliphatic rings. The van der Waals surface area contributed by atoms with E-state index in [2.05, 4.69) is 5.32 Å². The third-order valence-electron chi connectivity index (χ3n) is 3.13. The van der Waals surface area contributed by atoms with Gasteiger partial charge in [0.2, 0.25) is 0 Å². The molecular weight excluding hydrogens is 256 g/mol. The van der Waals surface area contributed by atoms with E-state index in [0.717, 1.165) is 28.0 Å². The third-order valence-corrected chi connectivity index (χ3v) is 5.25. The van der Waals surface area contributed by atoms with Crippen LogP contribution < -0.4 is 5.32 Å². The summed E-state index contributed by atoms with van der Waals surface area (Å²) in [6, 6.07) is 5.73. The van der Waals surface area contributed by atoms with E-state index in [-0.39, 0.29) is 11.1 Å². The summed E-state index contributed by atoms with van der Waals surface area (Å²) >= 11 is 2.65. The Bertz CT molecular complexity index is 630. The molecule has 6 heteroatoms. The maximum absolute atomic E-state index is 12.2. The maximum Gasteiger partial charge on any atom is 0.287 e. The Hall–Kier alpha value is -1.53. The second kappa shape index (κ2) is 2.83. The molecule has 0 bridgehead atoms. The summed E-state index contributed by atoms with van der Waals surface area (Å²) in [7, 11) is 0. The molecule has 84 valence electrons. The number of fused-ring (bicyclic) bond motifs is 5. The summed E-state index contributed by atoms with van der Waals surface area (Å²) in [5, 5.41) is 5.09. The molecule has 1 unspecified atom stereocenters. The van der Waals surface area contributed by atoms with Gasteiger partial charge in [0.25, 0.3) is 11.1 Å². The van der Waals surface area contributed by atoms with Crippen LogP contribution in [0.3, 0.4) is 0 Å². The standard InChI is InChI=1S/C11H6N2O2S2/c14-9-11(17-10(15)12-9)6-3-5-16-8(6)13-4-1-2-7(11)13/h1-5H,(H,12,14,15). The molecule has 2 aromatic heterocycles. The predicted molar refractivity (Wildman–Crippen MR) is 65.6 cm³/mol. The summed E-state index contributed by atoms with van der Waals surface area (Å²) < 4.78 is 1.13. The van der Waals surface area contributed by atoms with Gasteiger partial charge in [-0.05, 0) is 35.3 Å². The Morgan fingerprint density at radius 3 is 2.94 bits per heavy atom. The van der Waals surface area contributed by atoms with Gasteiger partial charge >= 0.3 is 0 Å². The van der Waals surface area contributed by atoms with Crippen LogP contribution in [0.1, 0.15) is 11.3 Å². The molecule has 2 aromatic rings. The molecule has 4 heterocycles. The van der Waals surface area contributed by atoms with Crippen molar-refractivity contribution in [3.63, 3.8) is 0 Å². The van der Waals surface area contributed by atoms with E-state index >= 15 is 0 Å². The highest BCUT2D eigenvalue weighted by molar-refractivity contribution is 8.15. The Kier molecular flexibility index (Phi) is 1.58. The van der Waals surface area contributed by atoms with Crippen molar-refractivity contribution in [2.75, 3.05) is 0 Å². The van der Waals surface area contributed by atoms with E-state index < -0.39 is 4.75 Å². The number of thioether (sulfide) groups is 1. The van der Waals surface area contributed by atoms with Crippen molar-refractivity contribution in [1.29, 1.82) is 0 Å². The normalized spacial score (nSPS) is 25.2. The van der Waals surface area contributed by atoms with E-state index in [4.69, 9.17) is 0 Å². The zero-order valence-electron chi connectivity index (χ0n) is 8.47. The first kappa shape index (κ1) is 9.49. The summed E-state index contributed by atoms with van der Waals surface area (Å²) in [6.45, 7) is 0. The van der Waals surface area contributed by atoms with Crippen molar-refractivity contribution in [3.05, 3.63) is 41.0 Å². The first-order chi connectivity index (χ1) is 8.23. The first-order valence-electron chi connectivity index (χ1n) is 5.04. The number of thiophene rings is 1. The van der Waals surface area contributed by atoms with Crippen molar-refractivity contribution < 1.29 is 9.59 Å². The fourth-order valence-electron chi connectivity index (χ4n) is 2.48. The molecule has 2 amide bonds. The van der Waals surface area contributed by atoms with Crippen molar-refractivity contribution in [2.24, 2.45) is 0 Å². The van der Waals surface area contributed by atoms with Gasteiger partial charge in [0.1, 0.15) is 5.00 Å². The quantitative estimate of drug-likeness (QED) is 0.791. The van der Waals surface area contributed by atoms with Crippen LogP contribution in [0.5, 0.6) is 0 Å². The topological polar surface area (TPSA) is 51.1 Å². The lowest BCUT2D eigenvalue weighted by Gasteiger charge is -2.17. The van der Waals surface area contributed by atoms with E-state index in [1.807, 2.05) is 34.3 Å². The van der Waals surface area contributed by atoms with Gasteiger partial charge in [-0.25, -0.2) is 0 Å².